The zero-order valence-electron chi connectivity index (χ0n) is 8.21. The molecule has 12 heavy (non-hydrogen) atoms. The molecule has 3 nitrogen and oxygen atoms in total. The molecular weight excluding hydrogens is 154 g/mol. The van der Waals surface area contributed by atoms with Gasteiger partial charge in [0.05, 0.1) is 0 Å². The van der Waals surface area contributed by atoms with Crippen LogP contribution in [-0.2, 0) is 9.47 Å². The van der Waals surface area contributed by atoms with Crippen LogP contribution in [-0.4, -0.2) is 26.6 Å². The van der Waals surface area contributed by atoms with Crippen LogP contribution in [0, 0.1) is 0 Å². The van der Waals surface area contributed by atoms with E-state index < -0.39 is 0 Å². The lowest BCUT2D eigenvalue weighted by Crippen LogP contribution is -2.17. The molecule has 0 aliphatic heterocycles. The maximum absolute atomic E-state index is 5.46. The quantitative estimate of drug-likeness (QED) is 0.449. The second kappa shape index (κ2) is 8.97. The minimum absolute atomic E-state index is 0.0555. The fourth-order valence-electron chi connectivity index (χ4n) is 0.913. The SMILES string of the molecule is CCCCOC(CCCN)OC. The van der Waals surface area contributed by atoms with Gasteiger partial charge in [-0.3, -0.25) is 0 Å². The molecule has 0 amide bonds. The first-order valence-corrected chi connectivity index (χ1v) is 4.69. The molecule has 0 saturated heterocycles. The lowest BCUT2D eigenvalue weighted by atomic mass is 10.3. The van der Waals surface area contributed by atoms with Gasteiger partial charge in [-0.15, -0.1) is 0 Å². The van der Waals surface area contributed by atoms with Crippen molar-refractivity contribution in [2.45, 2.75) is 38.9 Å². The van der Waals surface area contributed by atoms with Gasteiger partial charge in [-0.1, -0.05) is 13.3 Å². The summed E-state index contributed by atoms with van der Waals surface area (Å²) in [6.07, 6.45) is 4.07. The van der Waals surface area contributed by atoms with Crippen molar-refractivity contribution in [3.8, 4) is 0 Å². The Morgan fingerprint density at radius 2 is 2.08 bits per heavy atom. The van der Waals surface area contributed by atoms with Crippen LogP contribution in [0.2, 0.25) is 0 Å². The van der Waals surface area contributed by atoms with E-state index in [0.29, 0.717) is 6.54 Å². The Morgan fingerprint density at radius 3 is 2.58 bits per heavy atom. The molecule has 0 bridgehead atoms. The van der Waals surface area contributed by atoms with Crippen molar-refractivity contribution in [3.05, 3.63) is 0 Å². The third kappa shape index (κ3) is 6.58. The molecule has 0 fully saturated rings. The van der Waals surface area contributed by atoms with Gasteiger partial charge in [0.15, 0.2) is 6.29 Å². The molecular formula is C9H21NO2. The molecule has 2 N–H and O–H groups in total. The molecule has 0 aromatic carbocycles. The molecule has 0 radical (unpaired) electrons. The zero-order valence-corrected chi connectivity index (χ0v) is 8.21. The molecule has 0 aliphatic rings. The predicted molar refractivity (Wildman–Crippen MR) is 49.9 cm³/mol. The third-order valence-electron chi connectivity index (χ3n) is 1.71. The number of methoxy groups -OCH3 is 1. The molecule has 0 aliphatic carbocycles. The predicted octanol–water partition coefficient (Wildman–Crippen LogP) is 1.51. The van der Waals surface area contributed by atoms with Crippen molar-refractivity contribution in [1.29, 1.82) is 0 Å². The highest BCUT2D eigenvalue weighted by Crippen LogP contribution is 2.03. The topological polar surface area (TPSA) is 44.5 Å². The van der Waals surface area contributed by atoms with E-state index in [-0.39, 0.29) is 6.29 Å². The molecule has 0 aromatic rings. The molecule has 0 heterocycles. The number of rotatable bonds is 8. The van der Waals surface area contributed by atoms with E-state index >= 15 is 0 Å². The number of ether oxygens (including phenoxy) is 2. The molecule has 0 saturated carbocycles. The normalized spacial score (nSPS) is 13.2. The summed E-state index contributed by atoms with van der Waals surface area (Å²) >= 11 is 0. The Bertz CT molecular complexity index is 88.6. The van der Waals surface area contributed by atoms with E-state index in [2.05, 4.69) is 6.92 Å². The fraction of sp³-hybridized carbons (Fsp3) is 1.00. The molecule has 1 unspecified atom stereocenters. The minimum Gasteiger partial charge on any atom is -0.356 e. The van der Waals surface area contributed by atoms with Gasteiger partial charge in [0.2, 0.25) is 0 Å². The average Bonchev–Trinajstić information content (AvgIpc) is 2.11. The summed E-state index contributed by atoms with van der Waals surface area (Å²) in [5.41, 5.74) is 5.38. The second-order valence-electron chi connectivity index (χ2n) is 2.82. The standard InChI is InChI=1S/C9H21NO2/c1-3-4-8-12-9(11-2)6-5-7-10/h9H,3-8,10H2,1-2H3. The van der Waals surface area contributed by atoms with E-state index in [4.69, 9.17) is 15.2 Å². The highest BCUT2D eigenvalue weighted by molar-refractivity contribution is 4.46. The van der Waals surface area contributed by atoms with Crippen LogP contribution < -0.4 is 5.73 Å². The van der Waals surface area contributed by atoms with Gasteiger partial charge in [0, 0.05) is 13.7 Å². The van der Waals surface area contributed by atoms with Crippen molar-refractivity contribution in [1.82, 2.24) is 0 Å². The van der Waals surface area contributed by atoms with Crippen LogP contribution in [0.4, 0.5) is 0 Å². The van der Waals surface area contributed by atoms with Crippen LogP contribution in [0.25, 0.3) is 0 Å². The summed E-state index contributed by atoms with van der Waals surface area (Å²) in [4.78, 5) is 0. The first-order valence-electron chi connectivity index (χ1n) is 4.69. The van der Waals surface area contributed by atoms with E-state index in [1.807, 2.05) is 0 Å². The highest BCUT2D eigenvalue weighted by Gasteiger charge is 2.04. The van der Waals surface area contributed by atoms with Gasteiger partial charge in [-0.2, -0.15) is 0 Å². The second-order valence-corrected chi connectivity index (χ2v) is 2.82. The van der Waals surface area contributed by atoms with Crippen LogP contribution >= 0.6 is 0 Å². The summed E-state index contributed by atoms with van der Waals surface area (Å²) in [5, 5.41) is 0. The molecule has 0 spiro atoms. The van der Waals surface area contributed by atoms with Crippen molar-refractivity contribution >= 4 is 0 Å². The highest BCUT2D eigenvalue weighted by atomic mass is 16.7. The van der Waals surface area contributed by atoms with Gasteiger partial charge in [0.1, 0.15) is 0 Å². The van der Waals surface area contributed by atoms with Gasteiger partial charge in [0.25, 0.3) is 0 Å². The maximum atomic E-state index is 5.46. The monoisotopic (exact) mass is 175 g/mol. The van der Waals surface area contributed by atoms with Gasteiger partial charge in [-0.05, 0) is 25.8 Å². The fourth-order valence-corrected chi connectivity index (χ4v) is 0.913. The number of unbranched alkanes of at least 4 members (excludes halogenated alkanes) is 1. The largest absolute Gasteiger partial charge is 0.356 e. The zero-order chi connectivity index (χ0) is 9.23. The van der Waals surface area contributed by atoms with Gasteiger partial charge in [-0.25, -0.2) is 0 Å². The van der Waals surface area contributed by atoms with Crippen molar-refractivity contribution < 1.29 is 9.47 Å². The summed E-state index contributed by atoms with van der Waals surface area (Å²) < 4.78 is 10.6. The first kappa shape index (κ1) is 11.9. The first-order chi connectivity index (χ1) is 5.85. The Kier molecular flexibility index (Phi) is 8.88. The summed E-state index contributed by atoms with van der Waals surface area (Å²) in [6.45, 7) is 3.64. The van der Waals surface area contributed by atoms with E-state index in [0.717, 1.165) is 32.3 Å². The lowest BCUT2D eigenvalue weighted by Gasteiger charge is -2.15. The van der Waals surface area contributed by atoms with Crippen LogP contribution in [0.15, 0.2) is 0 Å². The van der Waals surface area contributed by atoms with Crippen LogP contribution in [0.1, 0.15) is 32.6 Å². The summed E-state index contributed by atoms with van der Waals surface area (Å²) in [7, 11) is 1.67. The molecule has 0 rings (SSSR count). The summed E-state index contributed by atoms with van der Waals surface area (Å²) in [6, 6.07) is 0. The van der Waals surface area contributed by atoms with Gasteiger partial charge < -0.3 is 15.2 Å². The van der Waals surface area contributed by atoms with Crippen molar-refractivity contribution in [2.75, 3.05) is 20.3 Å². The molecule has 1 atom stereocenters. The van der Waals surface area contributed by atoms with E-state index in [1.54, 1.807) is 7.11 Å². The third-order valence-corrected chi connectivity index (χ3v) is 1.71. The Labute approximate surface area is 75.2 Å². The Morgan fingerprint density at radius 1 is 1.33 bits per heavy atom. The molecule has 0 aromatic heterocycles. The van der Waals surface area contributed by atoms with Crippen molar-refractivity contribution in [2.24, 2.45) is 5.73 Å². The Balaban J connectivity index is 3.26. The minimum atomic E-state index is -0.0555. The van der Waals surface area contributed by atoms with E-state index in [9.17, 15) is 0 Å². The number of nitrogens with two attached hydrogens (primary N) is 1. The smallest absolute Gasteiger partial charge is 0.157 e. The number of hydrogen-bond acceptors (Lipinski definition) is 3. The summed E-state index contributed by atoms with van der Waals surface area (Å²) in [5.74, 6) is 0. The maximum Gasteiger partial charge on any atom is 0.157 e. The Hall–Kier alpha value is -0.120. The molecule has 3 heteroatoms. The van der Waals surface area contributed by atoms with E-state index in [1.165, 1.54) is 0 Å². The van der Waals surface area contributed by atoms with Gasteiger partial charge >= 0.3 is 0 Å². The average molecular weight is 175 g/mol. The van der Waals surface area contributed by atoms with Crippen molar-refractivity contribution in [3.63, 3.8) is 0 Å². The van der Waals surface area contributed by atoms with Crippen LogP contribution in [0.3, 0.4) is 0 Å². The number of hydrogen-bond donors (Lipinski definition) is 1. The van der Waals surface area contributed by atoms with Crippen LogP contribution in [0.5, 0.6) is 0 Å². The molecule has 74 valence electrons. The lowest BCUT2D eigenvalue weighted by molar-refractivity contribution is -0.128.